The number of imidazole rings is 1. The third kappa shape index (κ3) is 6.65. The number of methoxy groups -OCH3 is 1. The first-order chi connectivity index (χ1) is 17.1. The monoisotopic (exact) mass is 520 g/mol. The lowest BCUT2D eigenvalue weighted by Gasteiger charge is -2.37. The second-order valence-corrected chi connectivity index (χ2v) is 10.4. The van der Waals surface area contributed by atoms with E-state index in [0.717, 1.165) is 23.1 Å². The number of nitrogens with one attached hydrogen (secondary N) is 2. The molecule has 36 heavy (non-hydrogen) atoms. The number of aromatic nitrogens is 5. The Morgan fingerprint density at radius 2 is 1.97 bits per heavy atom. The lowest BCUT2D eigenvalue weighted by atomic mass is 10.0. The highest BCUT2D eigenvalue weighted by atomic mass is 32.2. The average molecular weight is 521 g/mol. The van der Waals surface area contributed by atoms with Crippen molar-refractivity contribution in [3.05, 3.63) is 30.4 Å². The van der Waals surface area contributed by atoms with Crippen LogP contribution in [-0.2, 0) is 19.6 Å². The van der Waals surface area contributed by atoms with Gasteiger partial charge in [0.1, 0.15) is 23.0 Å². The van der Waals surface area contributed by atoms with Crippen LogP contribution in [0.3, 0.4) is 0 Å². The molecule has 3 aromatic rings. The summed E-state index contributed by atoms with van der Waals surface area (Å²) < 4.78 is 33.9. The third-order valence-corrected chi connectivity index (χ3v) is 6.40. The number of aryl methyl sites for hydroxylation is 1. The molecule has 4 rings (SSSR count). The van der Waals surface area contributed by atoms with E-state index >= 15 is 0 Å². The third-order valence-electron chi connectivity index (χ3n) is 5.67. The van der Waals surface area contributed by atoms with Crippen LogP contribution < -0.4 is 14.9 Å². The van der Waals surface area contributed by atoms with Gasteiger partial charge in [-0.3, -0.25) is 4.79 Å². The van der Waals surface area contributed by atoms with Crippen molar-refractivity contribution in [1.82, 2.24) is 29.2 Å². The van der Waals surface area contributed by atoms with E-state index in [0.29, 0.717) is 37.1 Å². The van der Waals surface area contributed by atoms with Crippen LogP contribution >= 0.6 is 0 Å². The molecule has 1 saturated heterocycles. The Balaban J connectivity index is 0.00000115. The summed E-state index contributed by atoms with van der Waals surface area (Å²) in [6.45, 7) is 7.05. The molecular formula is C22H32N8O5S. The standard InChI is InChI=1S/C21H30N8O3S.CH2O2/c1-13(2)29-14(3)24-15-11-23-20(10-17(15)29)25-19-6-8-22-21(26-19)28-9-7-18(32-4)16(12-28)27-33(5,30)31;2-1-3/h6,8,10-11,13,16,18,27H,7,9,12H2,1-5H3,(H,22,23,25,26);1H,(H,2,3)/t16-,18-;/m0./s1. The molecule has 0 aliphatic carbocycles. The predicted octanol–water partition coefficient (Wildman–Crippen LogP) is 1.70. The number of nitrogens with zero attached hydrogens (tertiary/aromatic N) is 6. The molecule has 3 N–H and O–H groups in total. The maximum Gasteiger partial charge on any atom is 0.290 e. The SMILES string of the molecule is CO[C@H]1CCN(c2nccc(Nc3cc4c(cn3)nc(C)n4C(C)C)n2)C[C@@H]1NS(C)(=O)=O.O=CO. The summed E-state index contributed by atoms with van der Waals surface area (Å²) in [7, 11) is -1.78. The number of carbonyl (C=O) groups is 1. The quantitative estimate of drug-likeness (QED) is 0.388. The second kappa shape index (κ2) is 11.6. The molecule has 0 aromatic carbocycles. The van der Waals surface area contributed by atoms with Crippen molar-refractivity contribution in [3.8, 4) is 0 Å². The topological polar surface area (TPSA) is 164 Å². The van der Waals surface area contributed by atoms with E-state index in [2.05, 4.69) is 48.4 Å². The molecule has 2 atom stereocenters. The molecule has 0 bridgehead atoms. The molecule has 0 amide bonds. The maximum atomic E-state index is 11.8. The van der Waals surface area contributed by atoms with Crippen LogP contribution in [0.1, 0.15) is 32.1 Å². The summed E-state index contributed by atoms with van der Waals surface area (Å²) in [6, 6.07) is 3.63. The van der Waals surface area contributed by atoms with E-state index < -0.39 is 10.0 Å². The molecule has 13 nitrogen and oxygen atoms in total. The lowest BCUT2D eigenvalue weighted by molar-refractivity contribution is -0.122. The number of hydrogen-bond donors (Lipinski definition) is 3. The molecule has 0 spiro atoms. The van der Waals surface area contributed by atoms with Gasteiger partial charge in [-0.05, 0) is 33.3 Å². The number of hydrogen-bond acceptors (Lipinski definition) is 10. The van der Waals surface area contributed by atoms with Crippen LogP contribution in [0.4, 0.5) is 17.6 Å². The van der Waals surface area contributed by atoms with E-state index in [9.17, 15) is 8.42 Å². The molecule has 4 heterocycles. The number of anilines is 3. The molecule has 0 radical (unpaired) electrons. The predicted molar refractivity (Wildman–Crippen MR) is 136 cm³/mol. The minimum absolute atomic E-state index is 0.206. The Morgan fingerprint density at radius 1 is 1.25 bits per heavy atom. The summed E-state index contributed by atoms with van der Waals surface area (Å²) in [4.78, 5) is 28.4. The van der Waals surface area contributed by atoms with Gasteiger partial charge in [-0.1, -0.05) is 0 Å². The number of sulfonamides is 1. The first-order valence-electron chi connectivity index (χ1n) is 11.3. The van der Waals surface area contributed by atoms with Crippen molar-refractivity contribution in [2.24, 2.45) is 0 Å². The van der Waals surface area contributed by atoms with Crippen LogP contribution in [-0.4, -0.2) is 83.1 Å². The summed E-state index contributed by atoms with van der Waals surface area (Å²) in [5.41, 5.74) is 1.85. The summed E-state index contributed by atoms with van der Waals surface area (Å²) >= 11 is 0. The largest absolute Gasteiger partial charge is 0.483 e. The van der Waals surface area contributed by atoms with E-state index in [1.54, 1.807) is 25.6 Å². The summed E-state index contributed by atoms with van der Waals surface area (Å²) in [6.07, 6.45) is 5.02. The molecule has 1 aliphatic heterocycles. The molecule has 14 heteroatoms. The fraction of sp³-hybridized carbons (Fsp3) is 0.500. The Hall–Kier alpha value is -3.36. The van der Waals surface area contributed by atoms with Crippen LogP contribution in [0.5, 0.6) is 0 Å². The van der Waals surface area contributed by atoms with Gasteiger partial charge in [0.15, 0.2) is 0 Å². The van der Waals surface area contributed by atoms with Crippen molar-refractivity contribution in [2.45, 2.75) is 45.4 Å². The Bertz CT molecular complexity index is 1300. The molecule has 1 aliphatic rings. The van der Waals surface area contributed by atoms with Crippen molar-refractivity contribution in [2.75, 3.05) is 36.7 Å². The number of piperidine rings is 1. The van der Waals surface area contributed by atoms with Gasteiger partial charge in [0.05, 0.1) is 30.1 Å². The number of rotatable bonds is 7. The van der Waals surface area contributed by atoms with Crippen LogP contribution in [0.25, 0.3) is 11.0 Å². The Kier molecular flexibility index (Phi) is 8.76. The fourth-order valence-corrected chi connectivity index (χ4v) is 5.10. The van der Waals surface area contributed by atoms with Crippen LogP contribution in [0.15, 0.2) is 24.5 Å². The van der Waals surface area contributed by atoms with Crippen molar-refractivity contribution < 1.29 is 23.1 Å². The Labute approximate surface area is 210 Å². The molecular weight excluding hydrogens is 488 g/mol. The Morgan fingerprint density at radius 3 is 2.61 bits per heavy atom. The fourth-order valence-electron chi connectivity index (χ4n) is 4.32. The highest BCUT2D eigenvalue weighted by molar-refractivity contribution is 7.88. The van der Waals surface area contributed by atoms with Gasteiger partial charge in [0, 0.05) is 38.5 Å². The van der Waals surface area contributed by atoms with Gasteiger partial charge < -0.3 is 24.6 Å². The molecule has 1 fully saturated rings. The first kappa shape index (κ1) is 27.2. The first-order valence-corrected chi connectivity index (χ1v) is 13.2. The number of fused-ring (bicyclic) bond motifs is 1. The highest BCUT2D eigenvalue weighted by Crippen LogP contribution is 2.25. The van der Waals surface area contributed by atoms with Gasteiger partial charge in [-0.2, -0.15) is 4.98 Å². The van der Waals surface area contributed by atoms with E-state index in [-0.39, 0.29) is 24.7 Å². The minimum Gasteiger partial charge on any atom is -0.483 e. The van der Waals surface area contributed by atoms with Crippen molar-refractivity contribution in [3.63, 3.8) is 0 Å². The lowest BCUT2D eigenvalue weighted by Crippen LogP contribution is -2.55. The van der Waals surface area contributed by atoms with Gasteiger partial charge >= 0.3 is 0 Å². The van der Waals surface area contributed by atoms with E-state index in [4.69, 9.17) is 14.6 Å². The number of carboxylic acid groups (broad SMARTS) is 1. The zero-order valence-corrected chi connectivity index (χ0v) is 21.7. The second-order valence-electron chi connectivity index (χ2n) is 8.66. The van der Waals surface area contributed by atoms with Crippen molar-refractivity contribution in [1.29, 1.82) is 0 Å². The average Bonchev–Trinajstić information content (AvgIpc) is 3.14. The minimum atomic E-state index is -3.37. The molecule has 196 valence electrons. The number of pyridine rings is 1. The van der Waals surface area contributed by atoms with Gasteiger partial charge in [-0.15, -0.1) is 0 Å². The molecule has 0 saturated carbocycles. The zero-order chi connectivity index (χ0) is 26.5. The summed E-state index contributed by atoms with van der Waals surface area (Å²) in [5, 5.41) is 10.1. The molecule has 3 aromatic heterocycles. The van der Waals surface area contributed by atoms with Gasteiger partial charge in [-0.25, -0.2) is 28.1 Å². The van der Waals surface area contributed by atoms with E-state index in [1.165, 1.54) is 0 Å². The van der Waals surface area contributed by atoms with Gasteiger partial charge in [0.25, 0.3) is 6.47 Å². The van der Waals surface area contributed by atoms with E-state index in [1.807, 2.05) is 17.9 Å². The molecule has 0 unspecified atom stereocenters. The highest BCUT2D eigenvalue weighted by Gasteiger charge is 2.32. The smallest absolute Gasteiger partial charge is 0.290 e. The number of ether oxygens (including phenoxy) is 1. The van der Waals surface area contributed by atoms with Crippen LogP contribution in [0.2, 0.25) is 0 Å². The van der Waals surface area contributed by atoms with Crippen molar-refractivity contribution >= 4 is 45.1 Å². The summed E-state index contributed by atoms with van der Waals surface area (Å²) in [5.74, 6) is 2.71. The van der Waals surface area contributed by atoms with Crippen LogP contribution in [0, 0.1) is 6.92 Å². The normalized spacial score (nSPS) is 18.1. The maximum absolute atomic E-state index is 11.8. The van der Waals surface area contributed by atoms with Gasteiger partial charge in [0.2, 0.25) is 16.0 Å². The zero-order valence-electron chi connectivity index (χ0n) is 20.9.